The Labute approximate surface area is 215 Å². The molecule has 1 saturated carbocycles. The summed E-state index contributed by atoms with van der Waals surface area (Å²) in [5.41, 5.74) is 8.78. The van der Waals surface area contributed by atoms with Crippen molar-refractivity contribution in [1.82, 2.24) is 4.57 Å². The van der Waals surface area contributed by atoms with Crippen molar-refractivity contribution in [3.05, 3.63) is 114 Å². The van der Waals surface area contributed by atoms with E-state index in [2.05, 4.69) is 120 Å². The van der Waals surface area contributed by atoms with Gasteiger partial charge in [-0.15, -0.1) is 0 Å². The van der Waals surface area contributed by atoms with Crippen LogP contribution >= 0.6 is 0 Å². The minimum atomic E-state index is -0.452. The number of hydrogen-bond acceptors (Lipinski definition) is 0. The molecular formula is C34H33N2+. The standard InChI is InChI=1S/C34H33N2/c1-23-26-16-8-9-17-27(26)31(24-12-6-7-13-24)22-30(23)32-21-20-29-28-18-10-11-19-33(28)36(34(29)35(32)2)25-14-4-3-5-15-25/h3-5,8-11,14-22,24,26-27H,6-7,12-13H2,1-2H3/q+1/i24D. The van der Waals surface area contributed by atoms with Crippen molar-refractivity contribution in [2.24, 2.45) is 24.8 Å². The van der Waals surface area contributed by atoms with Gasteiger partial charge in [-0.2, -0.15) is 4.57 Å². The smallest absolute Gasteiger partial charge is 0.229 e. The molecular weight excluding hydrogens is 436 g/mol. The SMILES string of the molecule is [2H]C1(C2=CC(c3ccc4c5ccccc5n(-c5ccccc5)c4[n+]3C)=C(C)C3C=CC=CC23)CCCC1. The van der Waals surface area contributed by atoms with Gasteiger partial charge in [0.05, 0.1) is 12.4 Å². The fourth-order valence-corrected chi connectivity index (χ4v) is 6.81. The number of fused-ring (bicyclic) bond motifs is 4. The normalized spacial score (nSPS) is 23.3. The molecule has 1 fully saturated rings. The minimum absolute atomic E-state index is 0.300. The van der Waals surface area contributed by atoms with Crippen LogP contribution in [0.3, 0.4) is 0 Å². The Kier molecular flexibility index (Phi) is 4.84. The van der Waals surface area contributed by atoms with Gasteiger partial charge in [0.25, 0.3) is 5.65 Å². The lowest BCUT2D eigenvalue weighted by molar-refractivity contribution is -0.649. The second kappa shape index (κ2) is 8.48. The summed E-state index contributed by atoms with van der Waals surface area (Å²) in [5, 5.41) is 2.53. The number of aromatic nitrogens is 2. The average molecular weight is 471 g/mol. The van der Waals surface area contributed by atoms with Crippen LogP contribution in [0, 0.1) is 17.7 Å². The van der Waals surface area contributed by atoms with Crippen molar-refractivity contribution >= 4 is 27.5 Å². The van der Waals surface area contributed by atoms with E-state index in [1.54, 1.807) is 0 Å². The van der Waals surface area contributed by atoms with Gasteiger partial charge in [0.15, 0.2) is 0 Å². The average Bonchev–Trinajstić information content (AvgIpc) is 3.53. The van der Waals surface area contributed by atoms with Crippen LogP contribution in [0.1, 0.15) is 39.7 Å². The summed E-state index contributed by atoms with van der Waals surface area (Å²) in [7, 11) is 2.21. The second-order valence-electron chi connectivity index (χ2n) is 10.5. The number of hydrogen-bond donors (Lipinski definition) is 0. The van der Waals surface area contributed by atoms with Gasteiger partial charge in [0.1, 0.15) is 16.9 Å². The van der Waals surface area contributed by atoms with Crippen LogP contribution in [0.2, 0.25) is 0 Å². The summed E-state index contributed by atoms with van der Waals surface area (Å²) in [6, 6.07) is 24.0. The van der Waals surface area contributed by atoms with Crippen LogP contribution in [-0.4, -0.2) is 4.57 Å². The van der Waals surface area contributed by atoms with Crippen LogP contribution in [0.5, 0.6) is 0 Å². The van der Waals surface area contributed by atoms with Crippen molar-refractivity contribution in [2.75, 3.05) is 0 Å². The highest BCUT2D eigenvalue weighted by Crippen LogP contribution is 2.47. The van der Waals surface area contributed by atoms with E-state index in [4.69, 9.17) is 0 Å². The fraction of sp³-hybridized carbons (Fsp3) is 0.265. The molecule has 0 spiro atoms. The quantitative estimate of drug-likeness (QED) is 0.269. The van der Waals surface area contributed by atoms with Gasteiger partial charge >= 0.3 is 0 Å². The Hall–Kier alpha value is -3.65. The molecule has 2 heteroatoms. The molecule has 4 aromatic rings. The molecule has 36 heavy (non-hydrogen) atoms. The van der Waals surface area contributed by atoms with E-state index in [0.717, 1.165) is 25.7 Å². The molecule has 2 aromatic heterocycles. The Bertz CT molecular complexity index is 1660. The molecule has 0 N–H and O–H groups in total. The number of benzene rings is 2. The monoisotopic (exact) mass is 470 g/mol. The van der Waals surface area contributed by atoms with Crippen LogP contribution < -0.4 is 4.57 Å². The Morgan fingerprint density at radius 3 is 2.36 bits per heavy atom. The lowest BCUT2D eigenvalue weighted by Crippen LogP contribution is -2.37. The second-order valence-corrected chi connectivity index (χ2v) is 10.5. The summed E-state index contributed by atoms with van der Waals surface area (Å²) < 4.78 is 14.2. The van der Waals surface area contributed by atoms with Crippen LogP contribution in [0.25, 0.3) is 33.2 Å². The maximum absolute atomic E-state index is 9.46. The molecule has 2 heterocycles. The van der Waals surface area contributed by atoms with Gasteiger partial charge in [-0.25, -0.2) is 4.57 Å². The molecule has 3 aliphatic rings. The molecule has 0 amide bonds. The minimum Gasteiger partial charge on any atom is -0.229 e. The summed E-state index contributed by atoms with van der Waals surface area (Å²) in [6.45, 7) is 2.30. The van der Waals surface area contributed by atoms with Gasteiger partial charge in [-0.3, -0.25) is 0 Å². The van der Waals surface area contributed by atoms with Crippen LogP contribution in [-0.2, 0) is 7.05 Å². The predicted molar refractivity (Wildman–Crippen MR) is 150 cm³/mol. The number of para-hydroxylation sites is 2. The molecule has 2 aromatic carbocycles. The summed E-state index contributed by atoms with van der Waals surface area (Å²) in [6.07, 6.45) is 15.7. The van der Waals surface area contributed by atoms with E-state index < -0.39 is 5.89 Å². The number of nitrogens with zero attached hydrogens (tertiary/aromatic N) is 2. The topological polar surface area (TPSA) is 8.81 Å². The van der Waals surface area contributed by atoms with Crippen LogP contribution in [0.15, 0.2) is 108 Å². The van der Waals surface area contributed by atoms with Crippen molar-refractivity contribution in [1.29, 1.82) is 0 Å². The number of rotatable bonds is 3. The highest BCUT2D eigenvalue weighted by Gasteiger charge is 2.35. The third-order valence-electron chi connectivity index (χ3n) is 8.60. The van der Waals surface area contributed by atoms with Crippen molar-refractivity contribution in [2.45, 2.75) is 32.6 Å². The highest BCUT2D eigenvalue weighted by atomic mass is 15.1. The Balaban J connectivity index is 1.50. The Morgan fingerprint density at radius 2 is 1.56 bits per heavy atom. The maximum atomic E-state index is 9.46. The fourth-order valence-electron chi connectivity index (χ4n) is 6.81. The van der Waals surface area contributed by atoms with E-state index in [1.165, 1.54) is 50.0 Å². The van der Waals surface area contributed by atoms with Crippen molar-refractivity contribution in [3.63, 3.8) is 0 Å². The first-order chi connectivity index (χ1) is 18.1. The summed E-state index contributed by atoms with van der Waals surface area (Å²) >= 11 is 0. The van der Waals surface area contributed by atoms with Crippen molar-refractivity contribution < 1.29 is 5.94 Å². The molecule has 7 rings (SSSR count). The molecule has 178 valence electrons. The molecule has 0 radical (unpaired) electrons. The lowest BCUT2D eigenvalue weighted by Gasteiger charge is -2.35. The molecule has 0 aliphatic heterocycles. The zero-order valence-electron chi connectivity index (χ0n) is 22.1. The zero-order chi connectivity index (χ0) is 25.1. The third-order valence-corrected chi connectivity index (χ3v) is 8.60. The van der Waals surface area contributed by atoms with Gasteiger partial charge in [0.2, 0.25) is 0 Å². The van der Waals surface area contributed by atoms with Crippen molar-refractivity contribution in [3.8, 4) is 5.69 Å². The summed E-state index contributed by atoms with van der Waals surface area (Å²) in [4.78, 5) is 0. The van der Waals surface area contributed by atoms with E-state index in [9.17, 15) is 1.37 Å². The Morgan fingerprint density at radius 1 is 0.833 bits per heavy atom. The first-order valence-corrected chi connectivity index (χ1v) is 13.3. The molecule has 2 nitrogen and oxygen atoms in total. The van der Waals surface area contributed by atoms with E-state index >= 15 is 0 Å². The van der Waals surface area contributed by atoms with Gasteiger partial charge < -0.3 is 0 Å². The number of allylic oxidation sites excluding steroid dienone is 8. The first kappa shape index (κ1) is 20.5. The lowest BCUT2D eigenvalue weighted by atomic mass is 9.69. The predicted octanol–water partition coefficient (Wildman–Crippen LogP) is 7.87. The number of aryl methyl sites for hydroxylation is 1. The first-order valence-electron chi connectivity index (χ1n) is 13.8. The zero-order valence-corrected chi connectivity index (χ0v) is 21.1. The highest BCUT2D eigenvalue weighted by molar-refractivity contribution is 6.07. The van der Waals surface area contributed by atoms with Gasteiger partial charge in [-0.1, -0.05) is 84.7 Å². The third kappa shape index (κ3) is 3.20. The van der Waals surface area contributed by atoms with E-state index in [1.807, 2.05) is 0 Å². The van der Waals surface area contributed by atoms with Gasteiger partial charge in [0, 0.05) is 24.2 Å². The van der Waals surface area contributed by atoms with E-state index in [0.29, 0.717) is 11.8 Å². The van der Waals surface area contributed by atoms with E-state index in [-0.39, 0.29) is 0 Å². The largest absolute Gasteiger partial charge is 0.295 e. The summed E-state index contributed by atoms with van der Waals surface area (Å²) in [5.74, 6) is 0.166. The molecule has 2 unspecified atom stereocenters. The molecule has 0 saturated heterocycles. The molecule has 3 aliphatic carbocycles. The maximum Gasteiger partial charge on any atom is 0.295 e. The number of pyridine rings is 1. The molecule has 2 atom stereocenters. The van der Waals surface area contributed by atoms with Crippen LogP contribution in [0.4, 0.5) is 0 Å². The van der Waals surface area contributed by atoms with Gasteiger partial charge in [-0.05, 0) is 62.1 Å². The molecule has 0 bridgehead atoms.